The molecule has 0 aliphatic carbocycles. The first-order valence-electron chi connectivity index (χ1n) is 6.65. The molecule has 0 saturated heterocycles. The number of aromatic nitrogens is 1. The molecule has 0 radical (unpaired) electrons. The van der Waals surface area contributed by atoms with Gasteiger partial charge in [0, 0.05) is 24.9 Å². The SMILES string of the molecule is O=C(O)c1ccc2ccn(CCCCCCO)c2c1. The van der Waals surface area contributed by atoms with Crippen LogP contribution in [-0.4, -0.2) is 27.4 Å². The summed E-state index contributed by atoms with van der Waals surface area (Å²) in [7, 11) is 0. The molecule has 0 atom stereocenters. The lowest BCUT2D eigenvalue weighted by atomic mass is 10.1. The number of carboxylic acids is 1. The van der Waals surface area contributed by atoms with Crippen molar-refractivity contribution in [2.24, 2.45) is 0 Å². The van der Waals surface area contributed by atoms with Crippen molar-refractivity contribution in [3.63, 3.8) is 0 Å². The Kier molecular flexibility index (Phi) is 4.58. The molecule has 1 aromatic heterocycles. The minimum absolute atomic E-state index is 0.258. The lowest BCUT2D eigenvalue weighted by molar-refractivity contribution is 0.0697. The summed E-state index contributed by atoms with van der Waals surface area (Å²) >= 11 is 0. The normalized spacial score (nSPS) is 11.0. The maximum absolute atomic E-state index is 11.0. The molecule has 0 spiro atoms. The Labute approximate surface area is 112 Å². The minimum Gasteiger partial charge on any atom is -0.478 e. The average molecular weight is 261 g/mol. The summed E-state index contributed by atoms with van der Waals surface area (Å²) in [4.78, 5) is 11.0. The highest BCUT2D eigenvalue weighted by Crippen LogP contribution is 2.18. The van der Waals surface area contributed by atoms with E-state index in [1.54, 1.807) is 12.1 Å². The number of aromatic carboxylic acids is 1. The Morgan fingerprint density at radius 2 is 1.89 bits per heavy atom. The molecule has 0 aliphatic rings. The van der Waals surface area contributed by atoms with Crippen molar-refractivity contribution >= 4 is 16.9 Å². The smallest absolute Gasteiger partial charge is 0.335 e. The van der Waals surface area contributed by atoms with Gasteiger partial charge < -0.3 is 14.8 Å². The average Bonchev–Trinajstić information content (AvgIpc) is 2.81. The number of hydrogen-bond donors (Lipinski definition) is 2. The summed E-state index contributed by atoms with van der Waals surface area (Å²) in [6.45, 7) is 1.15. The van der Waals surface area contributed by atoms with E-state index in [2.05, 4.69) is 4.57 Å². The summed E-state index contributed by atoms with van der Waals surface area (Å²) in [5.74, 6) is -0.891. The molecule has 4 heteroatoms. The van der Waals surface area contributed by atoms with Crippen LogP contribution in [0.3, 0.4) is 0 Å². The molecule has 0 amide bonds. The number of fused-ring (bicyclic) bond motifs is 1. The molecule has 0 unspecified atom stereocenters. The molecule has 4 nitrogen and oxygen atoms in total. The summed E-state index contributed by atoms with van der Waals surface area (Å²) in [5.41, 5.74) is 1.30. The fourth-order valence-electron chi connectivity index (χ4n) is 2.26. The number of benzene rings is 1. The quantitative estimate of drug-likeness (QED) is 0.753. The van der Waals surface area contributed by atoms with Gasteiger partial charge in [-0.1, -0.05) is 18.9 Å². The number of aliphatic hydroxyl groups excluding tert-OH is 1. The van der Waals surface area contributed by atoms with Gasteiger partial charge in [0.25, 0.3) is 0 Å². The number of carboxylic acid groups (broad SMARTS) is 1. The van der Waals surface area contributed by atoms with Crippen molar-refractivity contribution in [1.82, 2.24) is 4.57 Å². The van der Waals surface area contributed by atoms with E-state index in [1.807, 2.05) is 18.3 Å². The van der Waals surface area contributed by atoms with Gasteiger partial charge in [0.05, 0.1) is 5.56 Å². The summed E-state index contributed by atoms with van der Waals surface area (Å²) in [5, 5.41) is 18.8. The van der Waals surface area contributed by atoms with E-state index < -0.39 is 5.97 Å². The monoisotopic (exact) mass is 261 g/mol. The van der Waals surface area contributed by atoms with Crippen LogP contribution in [0.4, 0.5) is 0 Å². The molecular formula is C15H19NO3. The maximum atomic E-state index is 11.0. The van der Waals surface area contributed by atoms with Gasteiger partial charge in [-0.15, -0.1) is 0 Å². The zero-order valence-corrected chi connectivity index (χ0v) is 10.9. The van der Waals surface area contributed by atoms with Crippen molar-refractivity contribution in [3.05, 3.63) is 36.0 Å². The van der Waals surface area contributed by atoms with Crippen molar-refractivity contribution in [3.8, 4) is 0 Å². The van der Waals surface area contributed by atoms with Crippen LogP contribution in [0.5, 0.6) is 0 Å². The van der Waals surface area contributed by atoms with Gasteiger partial charge in [-0.05, 0) is 36.4 Å². The predicted octanol–water partition coefficient (Wildman–Crippen LogP) is 2.89. The number of aliphatic hydroxyl groups is 1. The number of carbonyl (C=O) groups is 1. The zero-order valence-electron chi connectivity index (χ0n) is 10.9. The Balaban J connectivity index is 2.06. The highest BCUT2D eigenvalue weighted by atomic mass is 16.4. The third-order valence-electron chi connectivity index (χ3n) is 3.33. The van der Waals surface area contributed by atoms with E-state index in [0.717, 1.165) is 43.1 Å². The van der Waals surface area contributed by atoms with Gasteiger partial charge in [0.2, 0.25) is 0 Å². The molecule has 0 bridgehead atoms. The Morgan fingerprint density at radius 3 is 2.63 bits per heavy atom. The molecular weight excluding hydrogens is 242 g/mol. The van der Waals surface area contributed by atoms with E-state index in [1.165, 1.54) is 0 Å². The number of aryl methyl sites for hydroxylation is 1. The topological polar surface area (TPSA) is 62.5 Å². The first-order chi connectivity index (χ1) is 9.22. The van der Waals surface area contributed by atoms with Crippen molar-refractivity contribution in [2.45, 2.75) is 32.2 Å². The summed E-state index contributed by atoms with van der Waals surface area (Å²) in [6, 6.07) is 7.22. The van der Waals surface area contributed by atoms with Crippen LogP contribution in [0, 0.1) is 0 Å². The number of unbranched alkanes of at least 4 members (excludes halogenated alkanes) is 3. The van der Waals surface area contributed by atoms with Crippen LogP contribution in [0.25, 0.3) is 10.9 Å². The largest absolute Gasteiger partial charge is 0.478 e. The van der Waals surface area contributed by atoms with Crippen LogP contribution in [0.1, 0.15) is 36.0 Å². The van der Waals surface area contributed by atoms with Gasteiger partial charge in [-0.3, -0.25) is 0 Å². The van der Waals surface area contributed by atoms with E-state index in [-0.39, 0.29) is 6.61 Å². The fourth-order valence-corrected chi connectivity index (χ4v) is 2.26. The minimum atomic E-state index is -0.891. The molecule has 2 aromatic rings. The third kappa shape index (κ3) is 3.35. The highest BCUT2D eigenvalue weighted by molar-refractivity contribution is 5.93. The Hall–Kier alpha value is -1.81. The molecule has 1 aromatic carbocycles. The van der Waals surface area contributed by atoms with Gasteiger partial charge in [0.15, 0.2) is 0 Å². The van der Waals surface area contributed by atoms with E-state index >= 15 is 0 Å². The second-order valence-electron chi connectivity index (χ2n) is 4.73. The summed E-state index contributed by atoms with van der Waals surface area (Å²) in [6.07, 6.45) is 6.02. The predicted molar refractivity (Wildman–Crippen MR) is 74.5 cm³/mol. The molecule has 0 fully saturated rings. The van der Waals surface area contributed by atoms with Crippen molar-refractivity contribution in [2.75, 3.05) is 6.61 Å². The number of rotatable bonds is 7. The van der Waals surface area contributed by atoms with Crippen molar-refractivity contribution < 1.29 is 15.0 Å². The van der Waals surface area contributed by atoms with Gasteiger partial charge in [-0.25, -0.2) is 4.79 Å². The Morgan fingerprint density at radius 1 is 1.11 bits per heavy atom. The van der Waals surface area contributed by atoms with Crippen LogP contribution >= 0.6 is 0 Å². The Bertz CT molecular complexity index is 560. The first kappa shape index (κ1) is 13.6. The molecule has 19 heavy (non-hydrogen) atoms. The molecule has 102 valence electrons. The lowest BCUT2D eigenvalue weighted by Crippen LogP contribution is -1.99. The number of hydrogen-bond acceptors (Lipinski definition) is 2. The van der Waals surface area contributed by atoms with E-state index in [0.29, 0.717) is 5.56 Å². The van der Waals surface area contributed by atoms with Gasteiger partial charge in [0.1, 0.15) is 0 Å². The lowest BCUT2D eigenvalue weighted by Gasteiger charge is -2.06. The van der Waals surface area contributed by atoms with E-state index in [9.17, 15) is 4.79 Å². The molecule has 0 aliphatic heterocycles. The van der Waals surface area contributed by atoms with Crippen LogP contribution in [0.15, 0.2) is 30.5 Å². The standard InChI is InChI=1S/C15H19NO3/c17-10-4-2-1-3-8-16-9-7-12-5-6-13(15(18)19)11-14(12)16/h5-7,9,11,17H,1-4,8,10H2,(H,18,19). The summed E-state index contributed by atoms with van der Waals surface area (Å²) < 4.78 is 2.10. The zero-order chi connectivity index (χ0) is 13.7. The first-order valence-corrected chi connectivity index (χ1v) is 6.65. The second-order valence-corrected chi connectivity index (χ2v) is 4.73. The van der Waals surface area contributed by atoms with Crippen molar-refractivity contribution in [1.29, 1.82) is 0 Å². The van der Waals surface area contributed by atoms with Crippen LogP contribution in [-0.2, 0) is 6.54 Å². The molecule has 1 heterocycles. The molecule has 2 N–H and O–H groups in total. The molecule has 2 rings (SSSR count). The second kappa shape index (κ2) is 6.38. The maximum Gasteiger partial charge on any atom is 0.335 e. The fraction of sp³-hybridized carbons (Fsp3) is 0.400. The van der Waals surface area contributed by atoms with E-state index in [4.69, 9.17) is 10.2 Å². The van der Waals surface area contributed by atoms with Gasteiger partial charge in [-0.2, -0.15) is 0 Å². The van der Waals surface area contributed by atoms with Gasteiger partial charge >= 0.3 is 5.97 Å². The number of nitrogens with zero attached hydrogens (tertiary/aromatic N) is 1. The molecule has 0 saturated carbocycles. The third-order valence-corrected chi connectivity index (χ3v) is 3.33. The van der Waals surface area contributed by atoms with Crippen LogP contribution in [0.2, 0.25) is 0 Å². The van der Waals surface area contributed by atoms with Crippen LogP contribution < -0.4 is 0 Å². The highest BCUT2D eigenvalue weighted by Gasteiger charge is 2.06.